The summed E-state index contributed by atoms with van der Waals surface area (Å²) in [7, 11) is -1.86. The van der Waals surface area contributed by atoms with E-state index in [1.165, 1.54) is 10.4 Å². The van der Waals surface area contributed by atoms with E-state index in [1.54, 1.807) is 42.3 Å². The molecule has 5 nitrogen and oxygen atoms in total. The van der Waals surface area contributed by atoms with Crippen LogP contribution in [0, 0.1) is 0 Å². The molecule has 0 bridgehead atoms. The molecule has 1 amide bonds. The predicted molar refractivity (Wildman–Crippen MR) is 111 cm³/mol. The number of carbonyl (C=O) groups is 1. The molecule has 1 aliphatic heterocycles. The van der Waals surface area contributed by atoms with E-state index in [9.17, 15) is 13.2 Å². The maximum atomic E-state index is 13.0. The van der Waals surface area contributed by atoms with Crippen molar-refractivity contribution in [2.75, 3.05) is 20.1 Å². The summed E-state index contributed by atoms with van der Waals surface area (Å²) in [6, 6.07) is 13.5. The molecule has 0 saturated carbocycles. The van der Waals surface area contributed by atoms with Crippen LogP contribution < -0.4 is 0 Å². The van der Waals surface area contributed by atoms with Gasteiger partial charge in [-0.15, -0.1) is 0 Å². The number of nitrogens with zero attached hydrogens (tertiary/aromatic N) is 2. The van der Waals surface area contributed by atoms with E-state index in [4.69, 9.17) is 11.6 Å². The van der Waals surface area contributed by atoms with Crippen molar-refractivity contribution in [3.8, 4) is 0 Å². The van der Waals surface area contributed by atoms with Gasteiger partial charge in [0.05, 0.1) is 10.9 Å². The summed E-state index contributed by atoms with van der Waals surface area (Å²) in [5.41, 5.74) is 1.32. The minimum Gasteiger partial charge on any atom is -0.335 e. The van der Waals surface area contributed by atoms with Gasteiger partial charge in [-0.25, -0.2) is 8.42 Å². The lowest BCUT2D eigenvalue weighted by molar-refractivity contribution is 0.0742. The minimum atomic E-state index is -3.57. The van der Waals surface area contributed by atoms with Crippen molar-refractivity contribution in [3.05, 3.63) is 64.7 Å². The Bertz CT molecular complexity index is 938. The molecule has 1 atom stereocenters. The molecule has 0 N–H and O–H groups in total. The van der Waals surface area contributed by atoms with Gasteiger partial charge < -0.3 is 4.90 Å². The predicted octanol–water partition coefficient (Wildman–Crippen LogP) is 4.35. The van der Waals surface area contributed by atoms with E-state index in [0.29, 0.717) is 23.7 Å². The third-order valence-electron chi connectivity index (χ3n) is 5.29. The van der Waals surface area contributed by atoms with Crippen LogP contribution in [0.3, 0.4) is 0 Å². The Hall–Kier alpha value is -1.89. The fourth-order valence-corrected chi connectivity index (χ4v) is 5.08. The molecular formula is C21H25ClN2O3S. The summed E-state index contributed by atoms with van der Waals surface area (Å²) in [6.45, 7) is 3.00. The fraction of sp³-hybridized carbons (Fsp3) is 0.381. The van der Waals surface area contributed by atoms with E-state index in [0.717, 1.165) is 24.8 Å². The van der Waals surface area contributed by atoms with Crippen LogP contribution in [0.5, 0.6) is 0 Å². The largest absolute Gasteiger partial charge is 0.335 e. The Morgan fingerprint density at radius 3 is 2.36 bits per heavy atom. The molecule has 0 spiro atoms. The third kappa shape index (κ3) is 4.40. The van der Waals surface area contributed by atoms with Crippen LogP contribution in [-0.4, -0.2) is 43.7 Å². The van der Waals surface area contributed by atoms with Crippen LogP contribution >= 0.6 is 11.6 Å². The monoisotopic (exact) mass is 420 g/mol. The zero-order valence-corrected chi connectivity index (χ0v) is 17.7. The Morgan fingerprint density at radius 1 is 1.07 bits per heavy atom. The third-order valence-corrected chi connectivity index (χ3v) is 7.43. The van der Waals surface area contributed by atoms with E-state index < -0.39 is 10.0 Å². The average molecular weight is 421 g/mol. The molecule has 0 radical (unpaired) electrons. The van der Waals surface area contributed by atoms with Crippen LogP contribution in [0.25, 0.3) is 0 Å². The number of benzene rings is 2. The summed E-state index contributed by atoms with van der Waals surface area (Å²) in [4.78, 5) is 14.8. The lowest BCUT2D eigenvalue weighted by atomic mass is 10.1. The SMILES string of the molecule is CC(c1ccc(Cl)cc1)N(C)C(=O)c1cccc(S(=O)(=O)N2CCCCC2)c1. The van der Waals surface area contributed by atoms with E-state index >= 15 is 0 Å². The van der Waals surface area contributed by atoms with Gasteiger partial charge in [-0.3, -0.25) is 4.79 Å². The van der Waals surface area contributed by atoms with Gasteiger partial charge in [0.1, 0.15) is 0 Å². The first-order valence-electron chi connectivity index (χ1n) is 9.43. The van der Waals surface area contributed by atoms with E-state index in [-0.39, 0.29) is 16.8 Å². The lowest BCUT2D eigenvalue weighted by Crippen LogP contribution is -2.35. The molecule has 0 aliphatic carbocycles. The molecule has 28 heavy (non-hydrogen) atoms. The summed E-state index contributed by atoms with van der Waals surface area (Å²) in [6.07, 6.45) is 2.80. The number of sulfonamides is 1. The number of amides is 1. The lowest BCUT2D eigenvalue weighted by Gasteiger charge is -2.27. The molecule has 7 heteroatoms. The smallest absolute Gasteiger partial charge is 0.254 e. The van der Waals surface area contributed by atoms with Crippen molar-refractivity contribution >= 4 is 27.5 Å². The van der Waals surface area contributed by atoms with Crippen molar-refractivity contribution in [2.45, 2.75) is 37.1 Å². The zero-order chi connectivity index (χ0) is 20.3. The molecule has 0 aromatic heterocycles. The molecule has 1 heterocycles. The number of carbonyl (C=O) groups excluding carboxylic acids is 1. The van der Waals surface area contributed by atoms with Crippen molar-refractivity contribution in [2.24, 2.45) is 0 Å². The highest BCUT2D eigenvalue weighted by molar-refractivity contribution is 7.89. The van der Waals surface area contributed by atoms with Crippen LogP contribution in [0.4, 0.5) is 0 Å². The second-order valence-electron chi connectivity index (χ2n) is 7.14. The van der Waals surface area contributed by atoms with Crippen LogP contribution in [0.1, 0.15) is 48.1 Å². The highest BCUT2D eigenvalue weighted by atomic mass is 35.5. The van der Waals surface area contributed by atoms with Gasteiger partial charge in [0.15, 0.2) is 0 Å². The number of hydrogen-bond donors (Lipinski definition) is 0. The van der Waals surface area contributed by atoms with Crippen molar-refractivity contribution in [3.63, 3.8) is 0 Å². The molecule has 150 valence electrons. The first-order chi connectivity index (χ1) is 13.3. The van der Waals surface area contributed by atoms with Gasteiger partial charge in [0.2, 0.25) is 10.0 Å². The first-order valence-corrected chi connectivity index (χ1v) is 11.3. The molecule has 1 aliphatic rings. The molecule has 3 rings (SSSR count). The van der Waals surface area contributed by atoms with Crippen molar-refractivity contribution < 1.29 is 13.2 Å². The van der Waals surface area contributed by atoms with Gasteiger partial charge >= 0.3 is 0 Å². The summed E-state index contributed by atoms with van der Waals surface area (Å²) >= 11 is 5.94. The zero-order valence-electron chi connectivity index (χ0n) is 16.1. The molecule has 1 saturated heterocycles. The minimum absolute atomic E-state index is 0.174. The van der Waals surface area contributed by atoms with Crippen LogP contribution in [-0.2, 0) is 10.0 Å². The molecule has 1 fully saturated rings. The summed E-state index contributed by atoms with van der Waals surface area (Å²) in [5.74, 6) is -0.224. The standard InChI is InChI=1S/C21H25ClN2O3S/c1-16(17-9-11-19(22)12-10-17)23(2)21(25)18-7-6-8-20(15-18)28(26,27)24-13-4-3-5-14-24/h6-12,15-16H,3-5,13-14H2,1-2H3. The fourth-order valence-electron chi connectivity index (χ4n) is 3.39. The summed E-state index contributed by atoms with van der Waals surface area (Å²) in [5, 5.41) is 0.639. The molecule has 1 unspecified atom stereocenters. The normalized spacial score (nSPS) is 16.5. The number of piperidine rings is 1. The second-order valence-corrected chi connectivity index (χ2v) is 9.51. The maximum absolute atomic E-state index is 13.0. The Kier molecular flexibility index (Phi) is 6.43. The number of rotatable bonds is 5. The van der Waals surface area contributed by atoms with Crippen LogP contribution in [0.2, 0.25) is 5.02 Å². The quantitative estimate of drug-likeness (QED) is 0.722. The topological polar surface area (TPSA) is 57.7 Å². The van der Waals surface area contributed by atoms with Gasteiger partial charge in [0, 0.05) is 30.7 Å². The Balaban J connectivity index is 1.82. The van der Waals surface area contributed by atoms with Gasteiger partial charge in [-0.05, 0) is 55.7 Å². The van der Waals surface area contributed by atoms with E-state index in [1.807, 2.05) is 19.1 Å². The Labute approximate surface area is 172 Å². The molecule has 2 aromatic rings. The Morgan fingerprint density at radius 2 is 1.71 bits per heavy atom. The maximum Gasteiger partial charge on any atom is 0.254 e. The van der Waals surface area contributed by atoms with Gasteiger partial charge in [-0.1, -0.05) is 36.2 Å². The highest BCUT2D eigenvalue weighted by Gasteiger charge is 2.27. The highest BCUT2D eigenvalue weighted by Crippen LogP contribution is 2.25. The molecular weight excluding hydrogens is 396 g/mol. The number of hydrogen-bond acceptors (Lipinski definition) is 3. The number of halogens is 1. The average Bonchev–Trinajstić information content (AvgIpc) is 2.73. The van der Waals surface area contributed by atoms with Crippen molar-refractivity contribution in [1.29, 1.82) is 0 Å². The first kappa shape index (κ1) is 20.8. The van der Waals surface area contributed by atoms with Crippen LogP contribution in [0.15, 0.2) is 53.4 Å². The van der Waals surface area contributed by atoms with Gasteiger partial charge in [-0.2, -0.15) is 4.31 Å². The summed E-state index contributed by atoms with van der Waals surface area (Å²) < 4.78 is 27.3. The van der Waals surface area contributed by atoms with Gasteiger partial charge in [0.25, 0.3) is 5.91 Å². The second kappa shape index (κ2) is 8.64. The molecule has 2 aromatic carbocycles. The van der Waals surface area contributed by atoms with Crippen molar-refractivity contribution in [1.82, 2.24) is 9.21 Å². The van der Waals surface area contributed by atoms with E-state index in [2.05, 4.69) is 0 Å².